The summed E-state index contributed by atoms with van der Waals surface area (Å²) in [5.74, 6) is 0.272. The highest BCUT2D eigenvalue weighted by molar-refractivity contribution is 6.01. The number of anilines is 1. The molecule has 1 saturated heterocycles. The van der Waals surface area contributed by atoms with E-state index in [1.165, 1.54) is 11.6 Å². The lowest BCUT2D eigenvalue weighted by molar-refractivity contribution is 0.0897. The zero-order chi connectivity index (χ0) is 19.6. The van der Waals surface area contributed by atoms with Crippen molar-refractivity contribution < 1.29 is 4.79 Å². The van der Waals surface area contributed by atoms with Crippen LogP contribution in [0.15, 0.2) is 39.9 Å². The Kier molecular flexibility index (Phi) is 5.60. The Morgan fingerprint density at radius 3 is 2.41 bits per heavy atom. The van der Waals surface area contributed by atoms with Gasteiger partial charge in [0.25, 0.3) is 5.56 Å². The molecule has 2 heterocycles. The van der Waals surface area contributed by atoms with Gasteiger partial charge in [-0.05, 0) is 37.4 Å². The highest BCUT2D eigenvalue weighted by Gasteiger charge is 2.25. The second-order valence-corrected chi connectivity index (χ2v) is 7.36. The Morgan fingerprint density at radius 1 is 1.15 bits per heavy atom. The summed E-state index contributed by atoms with van der Waals surface area (Å²) in [7, 11) is 1.38. The van der Waals surface area contributed by atoms with E-state index in [2.05, 4.69) is 6.92 Å². The van der Waals surface area contributed by atoms with E-state index < -0.39 is 11.2 Å². The third-order valence-corrected chi connectivity index (χ3v) is 5.29. The number of nitrogens with two attached hydrogens (primary N) is 1. The van der Waals surface area contributed by atoms with E-state index in [0.717, 1.165) is 36.1 Å². The number of nitrogen functional groups attached to an aromatic ring is 1. The molecule has 0 amide bonds. The molecule has 0 saturated carbocycles. The van der Waals surface area contributed by atoms with Gasteiger partial charge in [-0.25, -0.2) is 4.79 Å². The minimum absolute atomic E-state index is 0.0534. The zero-order valence-corrected chi connectivity index (χ0v) is 15.9. The van der Waals surface area contributed by atoms with Gasteiger partial charge in [-0.1, -0.05) is 37.3 Å². The van der Waals surface area contributed by atoms with Gasteiger partial charge in [0.1, 0.15) is 11.4 Å². The number of likely N-dealkylation sites (tertiary alicyclic amines) is 1. The number of carbonyl (C=O) groups is 1. The van der Waals surface area contributed by atoms with E-state index in [4.69, 9.17) is 5.73 Å². The first-order chi connectivity index (χ1) is 12.9. The molecule has 1 aliphatic rings. The average molecular weight is 370 g/mol. The monoisotopic (exact) mass is 370 g/mol. The smallest absolute Gasteiger partial charge is 0.332 e. The summed E-state index contributed by atoms with van der Waals surface area (Å²) in [5.41, 5.74) is 5.77. The minimum Gasteiger partial charge on any atom is -0.384 e. The van der Waals surface area contributed by atoms with Crippen LogP contribution in [0.1, 0.15) is 35.7 Å². The number of piperidine rings is 1. The summed E-state index contributed by atoms with van der Waals surface area (Å²) in [4.78, 5) is 40.0. The molecule has 27 heavy (non-hydrogen) atoms. The van der Waals surface area contributed by atoms with Gasteiger partial charge in [-0.3, -0.25) is 23.6 Å². The van der Waals surface area contributed by atoms with Crippen LogP contribution in [-0.2, 0) is 13.6 Å². The molecule has 1 aliphatic heterocycles. The average Bonchev–Trinajstić information content (AvgIpc) is 2.66. The fraction of sp³-hybridized carbons (Fsp3) is 0.450. The quantitative estimate of drug-likeness (QED) is 0.796. The standard InChI is InChI=1S/C20H26N4O3/c1-14-8-10-23(11-9-14)13-16(25)17-18(21)24(20(27)22(2)19(17)26)12-15-6-4-3-5-7-15/h3-7,14H,8-13,21H2,1-2H3. The maximum atomic E-state index is 12.9. The maximum absolute atomic E-state index is 12.9. The minimum atomic E-state index is -0.628. The predicted octanol–water partition coefficient (Wildman–Crippen LogP) is 1.09. The van der Waals surface area contributed by atoms with Crippen molar-refractivity contribution in [3.63, 3.8) is 0 Å². The Labute approximate surface area is 158 Å². The van der Waals surface area contributed by atoms with Crippen LogP contribution in [0.5, 0.6) is 0 Å². The first-order valence-electron chi connectivity index (χ1n) is 9.27. The highest BCUT2D eigenvalue weighted by Crippen LogP contribution is 2.17. The molecule has 1 fully saturated rings. The Morgan fingerprint density at radius 2 is 1.78 bits per heavy atom. The number of Topliss-reactive ketones (excluding diaryl/α,β-unsaturated/α-hetero) is 1. The summed E-state index contributed by atoms with van der Waals surface area (Å²) in [5, 5.41) is 0. The van der Waals surface area contributed by atoms with Gasteiger partial charge >= 0.3 is 5.69 Å². The molecule has 0 bridgehead atoms. The van der Waals surface area contributed by atoms with Crippen molar-refractivity contribution in [3.8, 4) is 0 Å². The highest BCUT2D eigenvalue weighted by atomic mass is 16.2. The van der Waals surface area contributed by atoms with Gasteiger partial charge in [0.2, 0.25) is 0 Å². The number of carbonyl (C=O) groups excluding carboxylic acids is 1. The van der Waals surface area contributed by atoms with E-state index in [-0.39, 0.29) is 30.3 Å². The Hall–Kier alpha value is -2.67. The van der Waals surface area contributed by atoms with Gasteiger partial charge < -0.3 is 5.73 Å². The van der Waals surface area contributed by atoms with Crippen LogP contribution in [0.3, 0.4) is 0 Å². The van der Waals surface area contributed by atoms with Gasteiger partial charge in [-0.15, -0.1) is 0 Å². The van der Waals surface area contributed by atoms with E-state index >= 15 is 0 Å². The van der Waals surface area contributed by atoms with Crippen molar-refractivity contribution in [2.24, 2.45) is 13.0 Å². The number of hydrogen-bond acceptors (Lipinski definition) is 5. The van der Waals surface area contributed by atoms with Crippen LogP contribution in [0.2, 0.25) is 0 Å². The van der Waals surface area contributed by atoms with E-state index in [0.29, 0.717) is 5.92 Å². The lowest BCUT2D eigenvalue weighted by Gasteiger charge is -2.29. The number of aromatic nitrogens is 2. The van der Waals surface area contributed by atoms with Crippen molar-refractivity contribution in [3.05, 3.63) is 62.3 Å². The molecule has 144 valence electrons. The molecular weight excluding hydrogens is 344 g/mol. The van der Waals surface area contributed by atoms with Crippen LogP contribution in [-0.4, -0.2) is 39.5 Å². The van der Waals surface area contributed by atoms with E-state index in [9.17, 15) is 14.4 Å². The number of rotatable bonds is 5. The summed E-state index contributed by atoms with van der Waals surface area (Å²) in [6.07, 6.45) is 2.07. The number of ketones is 1. The largest absolute Gasteiger partial charge is 0.384 e. The van der Waals surface area contributed by atoms with E-state index in [1.54, 1.807) is 0 Å². The molecule has 2 aromatic rings. The Balaban J connectivity index is 1.94. The van der Waals surface area contributed by atoms with Crippen LogP contribution in [0, 0.1) is 5.92 Å². The second kappa shape index (κ2) is 7.92. The number of benzene rings is 1. The van der Waals surface area contributed by atoms with Crippen LogP contribution >= 0.6 is 0 Å². The second-order valence-electron chi connectivity index (χ2n) is 7.36. The normalized spacial score (nSPS) is 15.8. The third-order valence-electron chi connectivity index (χ3n) is 5.29. The van der Waals surface area contributed by atoms with Crippen molar-refractivity contribution in [2.75, 3.05) is 25.4 Å². The predicted molar refractivity (Wildman–Crippen MR) is 105 cm³/mol. The topological polar surface area (TPSA) is 90.3 Å². The fourth-order valence-corrected chi connectivity index (χ4v) is 3.47. The summed E-state index contributed by atoms with van der Waals surface area (Å²) < 4.78 is 2.26. The van der Waals surface area contributed by atoms with Gasteiger partial charge in [0.15, 0.2) is 5.78 Å². The molecule has 1 aromatic carbocycles. The number of hydrogen-bond donors (Lipinski definition) is 1. The van der Waals surface area contributed by atoms with Crippen molar-refractivity contribution >= 4 is 11.6 Å². The van der Waals surface area contributed by atoms with Crippen LogP contribution in [0.4, 0.5) is 5.82 Å². The molecule has 0 spiro atoms. The van der Waals surface area contributed by atoms with Crippen LogP contribution < -0.4 is 17.0 Å². The van der Waals surface area contributed by atoms with Crippen LogP contribution in [0.25, 0.3) is 0 Å². The van der Waals surface area contributed by atoms with Crippen molar-refractivity contribution in [2.45, 2.75) is 26.3 Å². The maximum Gasteiger partial charge on any atom is 0.332 e. The van der Waals surface area contributed by atoms with Crippen molar-refractivity contribution in [1.82, 2.24) is 14.0 Å². The lowest BCUT2D eigenvalue weighted by Crippen LogP contribution is -2.45. The van der Waals surface area contributed by atoms with Gasteiger partial charge in [0.05, 0.1) is 13.1 Å². The molecule has 3 rings (SSSR count). The van der Waals surface area contributed by atoms with E-state index in [1.807, 2.05) is 35.2 Å². The molecule has 0 atom stereocenters. The summed E-state index contributed by atoms with van der Waals surface area (Å²) in [6, 6.07) is 9.34. The third kappa shape index (κ3) is 4.03. The molecular formula is C20H26N4O3. The molecule has 0 aliphatic carbocycles. The first-order valence-corrected chi connectivity index (χ1v) is 9.27. The van der Waals surface area contributed by atoms with Gasteiger partial charge in [-0.2, -0.15) is 0 Å². The molecule has 1 aromatic heterocycles. The Bertz CT molecular complexity index is 938. The molecule has 7 nitrogen and oxygen atoms in total. The molecule has 0 radical (unpaired) electrons. The summed E-state index contributed by atoms with van der Waals surface area (Å²) in [6.45, 7) is 4.22. The van der Waals surface area contributed by atoms with Gasteiger partial charge in [0, 0.05) is 7.05 Å². The zero-order valence-electron chi connectivity index (χ0n) is 15.9. The fourth-order valence-electron chi connectivity index (χ4n) is 3.47. The van der Waals surface area contributed by atoms with Crippen molar-refractivity contribution in [1.29, 1.82) is 0 Å². The SMILES string of the molecule is CC1CCN(CC(=O)c2c(N)n(Cc3ccccc3)c(=O)n(C)c2=O)CC1. The molecule has 7 heteroatoms. The lowest BCUT2D eigenvalue weighted by atomic mass is 9.99. The molecule has 0 unspecified atom stereocenters. The molecule has 2 N–H and O–H groups in total. The first kappa shape index (κ1) is 19.1. The summed E-state index contributed by atoms with van der Waals surface area (Å²) >= 11 is 0. The number of nitrogens with zero attached hydrogens (tertiary/aromatic N) is 3.